The van der Waals surface area contributed by atoms with Gasteiger partial charge in [-0.1, -0.05) is 29.3 Å². The summed E-state index contributed by atoms with van der Waals surface area (Å²) in [6, 6.07) is 10.9. The summed E-state index contributed by atoms with van der Waals surface area (Å²) >= 11 is 12.1. The van der Waals surface area contributed by atoms with E-state index >= 15 is 0 Å². The molecule has 1 saturated carbocycles. The van der Waals surface area contributed by atoms with E-state index < -0.39 is 11.9 Å². The van der Waals surface area contributed by atoms with Crippen molar-refractivity contribution in [3.8, 4) is 0 Å². The highest BCUT2D eigenvalue weighted by atomic mass is 35.5. The second-order valence-electron chi connectivity index (χ2n) is 9.04. The number of ether oxygens (including phenoxy) is 1. The van der Waals surface area contributed by atoms with Crippen LogP contribution in [0.25, 0.3) is 0 Å². The summed E-state index contributed by atoms with van der Waals surface area (Å²) in [6.45, 7) is 2.85. The minimum atomic E-state index is -0.629. The van der Waals surface area contributed by atoms with Gasteiger partial charge in [-0.3, -0.25) is 9.59 Å². The molecule has 2 N–H and O–H groups in total. The van der Waals surface area contributed by atoms with Crippen LogP contribution in [0.2, 0.25) is 10.0 Å². The quantitative estimate of drug-likeness (QED) is 0.454. The summed E-state index contributed by atoms with van der Waals surface area (Å²) in [5.41, 5.74) is 1.52. The first-order chi connectivity index (χ1) is 16.9. The van der Waals surface area contributed by atoms with Crippen molar-refractivity contribution in [2.24, 2.45) is 0 Å². The lowest BCUT2D eigenvalue weighted by Crippen LogP contribution is -2.51. The smallest absolute Gasteiger partial charge is 0.251 e. The van der Waals surface area contributed by atoms with E-state index in [1.54, 1.807) is 4.90 Å². The highest BCUT2D eigenvalue weighted by Crippen LogP contribution is 2.42. The predicted molar refractivity (Wildman–Crippen MR) is 135 cm³/mol. The molecule has 0 radical (unpaired) electrons. The van der Waals surface area contributed by atoms with Gasteiger partial charge in [0.25, 0.3) is 5.91 Å². The molecule has 1 aliphatic heterocycles. The molecular weight excluding hydrogens is 492 g/mol. The summed E-state index contributed by atoms with van der Waals surface area (Å²) in [5, 5.41) is 7.57. The highest BCUT2D eigenvalue weighted by molar-refractivity contribution is 6.42. The largest absolute Gasteiger partial charge is 0.378 e. The van der Waals surface area contributed by atoms with Gasteiger partial charge in [-0.2, -0.15) is 0 Å². The molecule has 0 aromatic heterocycles. The zero-order valence-corrected chi connectivity index (χ0v) is 21.0. The number of hydrogen-bond acceptors (Lipinski definition) is 4. The number of unbranched alkanes of at least 4 members (excludes halogenated alkanes) is 1. The molecule has 6 nitrogen and oxygen atoms in total. The third-order valence-corrected chi connectivity index (χ3v) is 7.26. The lowest BCUT2D eigenvalue weighted by Gasteiger charge is -2.30. The summed E-state index contributed by atoms with van der Waals surface area (Å²) < 4.78 is 18.6. The molecule has 4 rings (SSSR count). The van der Waals surface area contributed by atoms with Gasteiger partial charge in [0, 0.05) is 30.6 Å². The van der Waals surface area contributed by atoms with Gasteiger partial charge in [0.1, 0.15) is 11.9 Å². The first kappa shape index (κ1) is 25.9. The van der Waals surface area contributed by atoms with Crippen LogP contribution in [0.3, 0.4) is 0 Å². The number of amides is 2. The zero-order valence-electron chi connectivity index (χ0n) is 19.4. The summed E-state index contributed by atoms with van der Waals surface area (Å²) in [5.74, 6) is -0.446. The molecule has 2 aliphatic rings. The average Bonchev–Trinajstić information content (AvgIpc) is 3.64. The number of nitrogens with zero attached hydrogens (tertiary/aromatic N) is 1. The van der Waals surface area contributed by atoms with Crippen molar-refractivity contribution in [1.29, 1.82) is 0 Å². The number of carbonyl (C=O) groups is 2. The summed E-state index contributed by atoms with van der Waals surface area (Å²) in [6.07, 6.45) is 3.25. The van der Waals surface area contributed by atoms with Crippen molar-refractivity contribution in [3.05, 3.63) is 69.5 Å². The van der Waals surface area contributed by atoms with E-state index in [0.29, 0.717) is 60.3 Å². The molecule has 9 heteroatoms. The maximum absolute atomic E-state index is 13.2. The molecule has 0 bridgehead atoms. The molecule has 1 heterocycles. The number of morpholine rings is 1. The monoisotopic (exact) mass is 521 g/mol. The second-order valence-corrected chi connectivity index (χ2v) is 9.86. The van der Waals surface area contributed by atoms with Crippen LogP contribution in [0.5, 0.6) is 0 Å². The van der Waals surface area contributed by atoms with E-state index in [0.717, 1.165) is 25.8 Å². The van der Waals surface area contributed by atoms with Gasteiger partial charge >= 0.3 is 0 Å². The minimum Gasteiger partial charge on any atom is -0.378 e. The fourth-order valence-corrected chi connectivity index (χ4v) is 4.70. The van der Waals surface area contributed by atoms with Gasteiger partial charge < -0.3 is 20.3 Å². The summed E-state index contributed by atoms with van der Waals surface area (Å²) in [4.78, 5) is 27.5. The minimum absolute atomic E-state index is 0.0985. The van der Waals surface area contributed by atoms with E-state index in [4.69, 9.17) is 27.9 Å². The van der Waals surface area contributed by atoms with Gasteiger partial charge in [-0.25, -0.2) is 4.39 Å². The number of rotatable bonds is 10. The number of benzene rings is 2. The van der Waals surface area contributed by atoms with E-state index in [-0.39, 0.29) is 11.8 Å². The maximum atomic E-state index is 13.2. The van der Waals surface area contributed by atoms with Gasteiger partial charge in [0.05, 0.1) is 23.3 Å². The first-order valence-electron chi connectivity index (χ1n) is 12.0. The number of carbonyl (C=O) groups excluding carboxylic acids is 2. The molecule has 2 fully saturated rings. The predicted octanol–water partition coefficient (Wildman–Crippen LogP) is 4.41. The Morgan fingerprint density at radius 1 is 1.06 bits per heavy atom. The Morgan fingerprint density at radius 2 is 1.80 bits per heavy atom. The van der Waals surface area contributed by atoms with Crippen molar-refractivity contribution in [1.82, 2.24) is 15.5 Å². The van der Waals surface area contributed by atoms with Crippen LogP contribution in [0, 0.1) is 5.82 Å². The Morgan fingerprint density at radius 3 is 2.51 bits per heavy atom. The fraction of sp³-hybridized carbons (Fsp3) is 0.462. The molecule has 3 unspecified atom stereocenters. The van der Waals surface area contributed by atoms with Gasteiger partial charge in [-0.15, -0.1) is 0 Å². The number of nitrogens with one attached hydrogen (secondary N) is 2. The Bertz CT molecular complexity index is 1030. The lowest BCUT2D eigenvalue weighted by atomic mass is 10.1. The Balaban J connectivity index is 1.25. The molecule has 1 saturated heterocycles. The molecule has 1 aliphatic carbocycles. The highest BCUT2D eigenvalue weighted by Gasteiger charge is 2.37. The van der Waals surface area contributed by atoms with Crippen LogP contribution < -0.4 is 10.6 Å². The molecule has 2 aromatic rings. The van der Waals surface area contributed by atoms with Crippen LogP contribution in [0.4, 0.5) is 4.39 Å². The normalized spacial score (nSPS) is 20.4. The molecule has 2 aromatic carbocycles. The van der Waals surface area contributed by atoms with Crippen LogP contribution in [-0.4, -0.2) is 61.6 Å². The van der Waals surface area contributed by atoms with Crippen LogP contribution in [0.15, 0.2) is 42.5 Å². The number of hydrogen-bond donors (Lipinski definition) is 2. The molecule has 2 amide bonds. The summed E-state index contributed by atoms with van der Waals surface area (Å²) in [7, 11) is 0. The molecule has 3 atom stereocenters. The van der Waals surface area contributed by atoms with E-state index in [9.17, 15) is 14.0 Å². The van der Waals surface area contributed by atoms with Crippen molar-refractivity contribution in [3.63, 3.8) is 0 Å². The van der Waals surface area contributed by atoms with E-state index in [2.05, 4.69) is 10.6 Å². The maximum Gasteiger partial charge on any atom is 0.251 e. The van der Waals surface area contributed by atoms with Gasteiger partial charge in [0.2, 0.25) is 5.91 Å². The van der Waals surface area contributed by atoms with Gasteiger partial charge in [0.15, 0.2) is 0 Å². The Labute approximate surface area is 215 Å². The van der Waals surface area contributed by atoms with E-state index in [1.807, 2.05) is 18.2 Å². The standard InChI is InChI=1S/C26H30Cl2FN3O3/c27-21-9-6-18(15-22(21)28)20-16-24(20)30-10-2-1-3-23(26(34)32-11-13-35-14-12-32)31-25(33)17-4-7-19(29)8-5-17/h4-9,15,20,23-24,30H,1-3,10-14,16H2,(H,31,33). The van der Waals surface area contributed by atoms with Gasteiger partial charge in [-0.05, 0) is 74.2 Å². The average molecular weight is 522 g/mol. The van der Waals surface area contributed by atoms with Crippen LogP contribution >= 0.6 is 23.2 Å². The fourth-order valence-electron chi connectivity index (χ4n) is 4.40. The second kappa shape index (κ2) is 12.2. The SMILES string of the molecule is O=C(NC(CCCCNC1CC1c1ccc(Cl)c(Cl)c1)C(=O)N1CCOCC1)c1ccc(F)cc1. The third-order valence-electron chi connectivity index (χ3n) is 6.52. The van der Waals surface area contributed by atoms with Crippen LogP contribution in [0.1, 0.15) is 47.5 Å². The Kier molecular flexibility index (Phi) is 9.00. The molecule has 35 heavy (non-hydrogen) atoms. The van der Waals surface area contributed by atoms with Crippen molar-refractivity contribution >= 4 is 35.0 Å². The van der Waals surface area contributed by atoms with Crippen molar-refractivity contribution < 1.29 is 18.7 Å². The van der Waals surface area contributed by atoms with Crippen molar-refractivity contribution in [2.75, 3.05) is 32.8 Å². The third kappa shape index (κ3) is 7.17. The number of halogens is 3. The molecule has 188 valence electrons. The lowest BCUT2D eigenvalue weighted by molar-refractivity contribution is -0.137. The zero-order chi connectivity index (χ0) is 24.8. The van der Waals surface area contributed by atoms with Crippen LogP contribution in [-0.2, 0) is 9.53 Å². The Hall–Kier alpha value is -2.19. The van der Waals surface area contributed by atoms with Crippen molar-refractivity contribution in [2.45, 2.75) is 43.7 Å². The topological polar surface area (TPSA) is 70.7 Å². The molecular formula is C26H30Cl2FN3O3. The molecule has 0 spiro atoms. The first-order valence-corrected chi connectivity index (χ1v) is 12.8. The van der Waals surface area contributed by atoms with E-state index in [1.165, 1.54) is 29.8 Å².